The Morgan fingerprint density at radius 2 is 1.92 bits per heavy atom. The van der Waals surface area contributed by atoms with Crippen molar-refractivity contribution in [1.82, 2.24) is 9.62 Å². The lowest BCUT2D eigenvalue weighted by molar-refractivity contribution is 0.0772. The van der Waals surface area contributed by atoms with E-state index in [-0.39, 0.29) is 5.54 Å². The molecule has 4 heteroatoms. The lowest BCUT2D eigenvalue weighted by Crippen LogP contribution is -2.38. The zero-order valence-corrected chi connectivity index (χ0v) is 9.62. The number of hydrogen-bond acceptors (Lipinski definition) is 4. The quantitative estimate of drug-likeness (QED) is 0.553. The van der Waals surface area contributed by atoms with Crippen molar-refractivity contribution >= 4 is 11.9 Å². The lowest BCUT2D eigenvalue weighted by Gasteiger charge is -2.27. The van der Waals surface area contributed by atoms with E-state index in [9.17, 15) is 0 Å². The molecule has 0 spiro atoms. The Labute approximate surface area is 85.3 Å². The van der Waals surface area contributed by atoms with Gasteiger partial charge in [-0.15, -0.1) is 0 Å². The van der Waals surface area contributed by atoms with Crippen LogP contribution in [0.15, 0.2) is 0 Å². The van der Waals surface area contributed by atoms with Gasteiger partial charge in [-0.1, -0.05) is 11.9 Å². The largest absolute Gasteiger partial charge is 0.379 e. The first-order valence-corrected chi connectivity index (χ1v) is 5.73. The van der Waals surface area contributed by atoms with E-state index in [0.717, 1.165) is 32.2 Å². The van der Waals surface area contributed by atoms with E-state index in [2.05, 4.69) is 30.4 Å². The number of nitrogens with zero attached hydrogens (tertiary/aromatic N) is 1. The van der Waals surface area contributed by atoms with E-state index >= 15 is 0 Å². The molecule has 1 aliphatic heterocycles. The first-order valence-electron chi connectivity index (χ1n) is 4.78. The molecule has 0 amide bonds. The third kappa shape index (κ3) is 5.52. The second kappa shape index (κ2) is 5.20. The fraction of sp³-hybridized carbons (Fsp3) is 1.00. The minimum atomic E-state index is 0.222. The van der Waals surface area contributed by atoms with Crippen LogP contribution < -0.4 is 5.32 Å². The Balaban J connectivity index is 2.04. The maximum absolute atomic E-state index is 5.27. The molecular weight excluding hydrogens is 184 g/mol. The highest BCUT2D eigenvalue weighted by molar-refractivity contribution is 7.96. The first-order chi connectivity index (χ1) is 6.08. The minimum Gasteiger partial charge on any atom is -0.379 e. The van der Waals surface area contributed by atoms with E-state index in [1.54, 1.807) is 0 Å². The molecule has 0 saturated carbocycles. The predicted molar refractivity (Wildman–Crippen MR) is 57.7 cm³/mol. The van der Waals surface area contributed by atoms with Gasteiger partial charge in [0.15, 0.2) is 0 Å². The van der Waals surface area contributed by atoms with Gasteiger partial charge in [-0.2, -0.15) is 0 Å². The smallest absolute Gasteiger partial charge is 0.0603 e. The van der Waals surface area contributed by atoms with Crippen molar-refractivity contribution in [1.29, 1.82) is 0 Å². The summed E-state index contributed by atoms with van der Waals surface area (Å²) in [6.07, 6.45) is 0. The molecule has 0 aromatic rings. The van der Waals surface area contributed by atoms with Gasteiger partial charge in [0.25, 0.3) is 0 Å². The third-order valence-corrected chi connectivity index (χ3v) is 2.82. The molecule has 1 fully saturated rings. The summed E-state index contributed by atoms with van der Waals surface area (Å²) in [5, 5.41) is 3.45. The monoisotopic (exact) mass is 204 g/mol. The zero-order chi connectivity index (χ0) is 9.73. The Bertz CT molecular complexity index is 141. The van der Waals surface area contributed by atoms with Crippen molar-refractivity contribution in [2.45, 2.75) is 26.3 Å². The van der Waals surface area contributed by atoms with E-state index in [1.165, 1.54) is 0 Å². The number of hydrogen-bond donors (Lipinski definition) is 1. The van der Waals surface area contributed by atoms with Crippen LogP contribution in [0, 0.1) is 0 Å². The summed E-state index contributed by atoms with van der Waals surface area (Å²) >= 11 is 1.87. The Kier molecular flexibility index (Phi) is 4.52. The fourth-order valence-corrected chi connectivity index (χ4v) is 2.10. The van der Waals surface area contributed by atoms with Gasteiger partial charge in [0.2, 0.25) is 0 Å². The van der Waals surface area contributed by atoms with Crippen LogP contribution >= 0.6 is 11.9 Å². The lowest BCUT2D eigenvalue weighted by atomic mass is 10.1. The zero-order valence-electron chi connectivity index (χ0n) is 8.80. The molecule has 1 aliphatic rings. The van der Waals surface area contributed by atoms with Gasteiger partial charge in [-0.3, -0.25) is 0 Å². The van der Waals surface area contributed by atoms with Crippen LogP contribution in [-0.4, -0.2) is 42.0 Å². The van der Waals surface area contributed by atoms with E-state index in [4.69, 9.17) is 4.74 Å². The molecule has 0 radical (unpaired) electrons. The molecule has 0 aromatic heterocycles. The van der Waals surface area contributed by atoms with E-state index in [1.807, 2.05) is 11.9 Å². The standard InChI is InChI=1S/C9H20N2OS/c1-9(2,3)10-8-13-11-4-6-12-7-5-11/h10H,4-8H2,1-3H3. The molecule has 3 nitrogen and oxygen atoms in total. The number of morpholine rings is 1. The summed E-state index contributed by atoms with van der Waals surface area (Å²) in [5.41, 5.74) is 0.222. The van der Waals surface area contributed by atoms with Crippen LogP contribution in [0.2, 0.25) is 0 Å². The van der Waals surface area contributed by atoms with Crippen molar-refractivity contribution in [2.24, 2.45) is 0 Å². The van der Waals surface area contributed by atoms with Gasteiger partial charge in [-0.25, -0.2) is 4.31 Å². The average molecular weight is 204 g/mol. The topological polar surface area (TPSA) is 24.5 Å². The average Bonchev–Trinajstić information content (AvgIpc) is 2.04. The summed E-state index contributed by atoms with van der Waals surface area (Å²) < 4.78 is 7.63. The van der Waals surface area contributed by atoms with Gasteiger partial charge in [0.05, 0.1) is 19.1 Å². The second-order valence-corrected chi connectivity index (χ2v) is 5.30. The second-order valence-electron chi connectivity index (χ2n) is 4.24. The molecule has 13 heavy (non-hydrogen) atoms. The third-order valence-electron chi connectivity index (χ3n) is 1.82. The number of rotatable bonds is 3. The Morgan fingerprint density at radius 1 is 1.31 bits per heavy atom. The molecule has 1 N–H and O–H groups in total. The highest BCUT2D eigenvalue weighted by Crippen LogP contribution is 2.11. The summed E-state index contributed by atoms with van der Waals surface area (Å²) in [7, 11) is 0. The summed E-state index contributed by atoms with van der Waals surface area (Å²) in [5.74, 6) is 0.990. The molecule has 1 heterocycles. The first kappa shape index (κ1) is 11.3. The maximum atomic E-state index is 5.27. The van der Waals surface area contributed by atoms with Crippen molar-refractivity contribution in [2.75, 3.05) is 32.2 Å². The van der Waals surface area contributed by atoms with Crippen molar-refractivity contribution in [3.63, 3.8) is 0 Å². The van der Waals surface area contributed by atoms with E-state index in [0.29, 0.717) is 0 Å². The molecular formula is C9H20N2OS. The number of ether oxygens (including phenoxy) is 1. The van der Waals surface area contributed by atoms with Gasteiger partial charge in [-0.05, 0) is 20.8 Å². The van der Waals surface area contributed by atoms with Crippen LogP contribution in [-0.2, 0) is 4.74 Å². The summed E-state index contributed by atoms with van der Waals surface area (Å²) in [6.45, 7) is 10.4. The van der Waals surface area contributed by atoms with Crippen LogP contribution in [0.3, 0.4) is 0 Å². The van der Waals surface area contributed by atoms with Gasteiger partial charge in [0.1, 0.15) is 0 Å². The highest BCUT2D eigenvalue weighted by Gasteiger charge is 2.12. The molecule has 0 aromatic carbocycles. The van der Waals surface area contributed by atoms with Crippen molar-refractivity contribution in [3.05, 3.63) is 0 Å². The predicted octanol–water partition coefficient (Wildman–Crippen LogP) is 1.31. The van der Waals surface area contributed by atoms with Crippen LogP contribution in [0.1, 0.15) is 20.8 Å². The van der Waals surface area contributed by atoms with Crippen LogP contribution in [0.25, 0.3) is 0 Å². The molecule has 0 aliphatic carbocycles. The molecule has 0 unspecified atom stereocenters. The highest BCUT2D eigenvalue weighted by atomic mass is 32.2. The molecule has 1 saturated heterocycles. The van der Waals surface area contributed by atoms with Crippen LogP contribution in [0.4, 0.5) is 0 Å². The van der Waals surface area contributed by atoms with Crippen molar-refractivity contribution < 1.29 is 4.74 Å². The molecule has 1 rings (SSSR count). The minimum absolute atomic E-state index is 0.222. The summed E-state index contributed by atoms with van der Waals surface area (Å²) in [4.78, 5) is 0. The summed E-state index contributed by atoms with van der Waals surface area (Å²) in [6, 6.07) is 0. The van der Waals surface area contributed by atoms with Crippen molar-refractivity contribution in [3.8, 4) is 0 Å². The molecule has 0 atom stereocenters. The van der Waals surface area contributed by atoms with E-state index < -0.39 is 0 Å². The molecule has 0 bridgehead atoms. The SMILES string of the molecule is CC(C)(C)NCSN1CCOCC1. The Morgan fingerprint density at radius 3 is 2.46 bits per heavy atom. The van der Waals surface area contributed by atoms with Gasteiger partial charge >= 0.3 is 0 Å². The molecule has 78 valence electrons. The van der Waals surface area contributed by atoms with Crippen LogP contribution in [0.5, 0.6) is 0 Å². The maximum Gasteiger partial charge on any atom is 0.0603 e. The fourth-order valence-electron chi connectivity index (χ4n) is 1.02. The Hall–Kier alpha value is 0.230. The normalized spacial score (nSPS) is 20.5. The van der Waals surface area contributed by atoms with Gasteiger partial charge in [0, 0.05) is 18.6 Å². The van der Waals surface area contributed by atoms with Gasteiger partial charge < -0.3 is 10.1 Å². The number of nitrogens with one attached hydrogen (secondary N) is 1.